The molecule has 0 aliphatic carbocycles. The van der Waals surface area contributed by atoms with Gasteiger partial charge in [0.15, 0.2) is 0 Å². The molecule has 1 aromatic heterocycles. The van der Waals surface area contributed by atoms with Crippen LogP contribution in [0.25, 0.3) is 38.9 Å². The van der Waals surface area contributed by atoms with E-state index in [-0.39, 0.29) is 0 Å². The minimum Gasteiger partial charge on any atom is -0.361 e. The largest absolute Gasteiger partial charge is 0.361 e. The second-order valence-electron chi connectivity index (χ2n) is 5.49. The van der Waals surface area contributed by atoms with Crippen LogP contribution in [0.15, 0.2) is 72.9 Å². The van der Waals surface area contributed by atoms with Crippen LogP contribution in [0, 0.1) is 11.3 Å². The first-order chi connectivity index (χ1) is 11.4. The number of nitrogens with zero attached hydrogens (tertiary/aromatic N) is 1. The monoisotopic (exact) mass is 294 g/mol. The van der Waals surface area contributed by atoms with Gasteiger partial charge in [-0.25, -0.2) is 0 Å². The molecule has 2 heteroatoms. The number of allylic oxidation sites excluding steroid dienone is 1. The lowest BCUT2D eigenvalue weighted by atomic mass is 9.97. The normalized spacial score (nSPS) is 11.3. The van der Waals surface area contributed by atoms with Crippen molar-refractivity contribution >= 4 is 27.8 Å². The van der Waals surface area contributed by atoms with Gasteiger partial charge in [0, 0.05) is 28.7 Å². The molecule has 1 heterocycles. The molecule has 0 radical (unpaired) electrons. The number of hydrogen-bond acceptors (Lipinski definition) is 1. The highest BCUT2D eigenvalue weighted by Gasteiger charge is 2.07. The maximum absolute atomic E-state index is 8.74. The molecule has 0 saturated heterocycles. The van der Waals surface area contributed by atoms with Crippen molar-refractivity contribution in [3.05, 3.63) is 78.5 Å². The molecule has 0 aliphatic heterocycles. The van der Waals surface area contributed by atoms with E-state index in [9.17, 15) is 0 Å². The molecule has 1 N–H and O–H groups in total. The predicted molar refractivity (Wildman–Crippen MR) is 95.9 cm³/mol. The molecule has 0 amide bonds. The van der Waals surface area contributed by atoms with Crippen molar-refractivity contribution in [3.63, 3.8) is 0 Å². The first-order valence-corrected chi connectivity index (χ1v) is 7.52. The number of hydrogen-bond donors (Lipinski definition) is 1. The Bertz CT molecular complexity index is 1070. The van der Waals surface area contributed by atoms with Crippen LogP contribution in [0.1, 0.15) is 5.56 Å². The summed E-state index contributed by atoms with van der Waals surface area (Å²) in [4.78, 5) is 3.25. The summed E-state index contributed by atoms with van der Waals surface area (Å²) in [6.07, 6.45) is 5.28. The molecule has 3 aromatic carbocycles. The third kappa shape index (κ3) is 2.29. The Hall–Kier alpha value is -3.31. The summed E-state index contributed by atoms with van der Waals surface area (Å²) >= 11 is 0. The van der Waals surface area contributed by atoms with Crippen molar-refractivity contribution in [2.24, 2.45) is 0 Å². The highest BCUT2D eigenvalue weighted by atomic mass is 14.7. The van der Waals surface area contributed by atoms with Crippen LogP contribution in [-0.4, -0.2) is 4.98 Å². The summed E-state index contributed by atoms with van der Waals surface area (Å²) in [5.41, 5.74) is 4.51. The van der Waals surface area contributed by atoms with Gasteiger partial charge in [-0.05, 0) is 40.1 Å². The second kappa shape index (κ2) is 5.47. The number of nitriles is 1. The minimum atomic E-state index is 1.03. The van der Waals surface area contributed by atoms with Crippen LogP contribution in [0.2, 0.25) is 0 Å². The standard InChI is InChI=1S/C21H14N2/c22-12-4-7-17-14-23-21-11-10-16(13-20(17)21)19-9-3-6-15-5-1-2-8-18(15)19/h1-11,13-14,23H/b7-4+. The van der Waals surface area contributed by atoms with Crippen LogP contribution in [0.4, 0.5) is 0 Å². The van der Waals surface area contributed by atoms with Crippen molar-refractivity contribution < 1.29 is 0 Å². The quantitative estimate of drug-likeness (QED) is 0.485. The van der Waals surface area contributed by atoms with E-state index < -0.39 is 0 Å². The third-order valence-corrected chi connectivity index (χ3v) is 4.15. The van der Waals surface area contributed by atoms with E-state index in [0.29, 0.717) is 0 Å². The molecule has 2 nitrogen and oxygen atoms in total. The topological polar surface area (TPSA) is 39.6 Å². The van der Waals surface area contributed by atoms with E-state index in [1.165, 1.54) is 28.0 Å². The van der Waals surface area contributed by atoms with Gasteiger partial charge in [-0.15, -0.1) is 0 Å². The fourth-order valence-electron chi connectivity index (χ4n) is 3.05. The number of aromatic amines is 1. The summed E-state index contributed by atoms with van der Waals surface area (Å²) in [5.74, 6) is 0. The summed E-state index contributed by atoms with van der Waals surface area (Å²) in [5, 5.41) is 12.4. The lowest BCUT2D eigenvalue weighted by Crippen LogP contribution is -1.81. The maximum atomic E-state index is 8.74. The molecular weight excluding hydrogens is 280 g/mol. The average molecular weight is 294 g/mol. The van der Waals surface area contributed by atoms with Crippen molar-refractivity contribution in [1.82, 2.24) is 4.98 Å². The Labute approximate surface area is 134 Å². The molecule has 0 saturated carbocycles. The molecule has 0 unspecified atom stereocenters. The summed E-state index contributed by atoms with van der Waals surface area (Å²) in [7, 11) is 0. The van der Waals surface area contributed by atoms with Crippen LogP contribution in [0.5, 0.6) is 0 Å². The van der Waals surface area contributed by atoms with Gasteiger partial charge >= 0.3 is 0 Å². The summed E-state index contributed by atoms with van der Waals surface area (Å²) < 4.78 is 0. The van der Waals surface area contributed by atoms with Gasteiger partial charge < -0.3 is 4.98 Å². The van der Waals surface area contributed by atoms with Crippen molar-refractivity contribution in [2.75, 3.05) is 0 Å². The van der Waals surface area contributed by atoms with Gasteiger partial charge in [0.25, 0.3) is 0 Å². The SMILES string of the molecule is N#C/C=C/c1c[nH]c2ccc(-c3cccc4ccccc34)cc12. The van der Waals surface area contributed by atoms with Gasteiger partial charge in [0.05, 0.1) is 6.07 Å². The number of benzene rings is 3. The Balaban J connectivity index is 1.95. The Morgan fingerprint density at radius 1 is 0.913 bits per heavy atom. The predicted octanol–water partition coefficient (Wildman–Crippen LogP) is 5.52. The van der Waals surface area contributed by atoms with Gasteiger partial charge in [-0.3, -0.25) is 0 Å². The zero-order valence-corrected chi connectivity index (χ0v) is 12.5. The van der Waals surface area contributed by atoms with Crippen LogP contribution >= 0.6 is 0 Å². The fourth-order valence-corrected chi connectivity index (χ4v) is 3.05. The number of nitrogens with one attached hydrogen (secondary N) is 1. The molecule has 4 aromatic rings. The van der Waals surface area contributed by atoms with Gasteiger partial charge in [-0.1, -0.05) is 48.5 Å². The molecule has 23 heavy (non-hydrogen) atoms. The molecule has 0 aliphatic rings. The summed E-state index contributed by atoms with van der Waals surface area (Å²) in [6, 6.07) is 23.3. The van der Waals surface area contributed by atoms with E-state index in [4.69, 9.17) is 5.26 Å². The van der Waals surface area contributed by atoms with Crippen LogP contribution in [0.3, 0.4) is 0 Å². The van der Waals surface area contributed by atoms with Crippen molar-refractivity contribution in [2.45, 2.75) is 0 Å². The smallest absolute Gasteiger partial charge is 0.0912 e. The Morgan fingerprint density at radius 3 is 2.70 bits per heavy atom. The highest BCUT2D eigenvalue weighted by Crippen LogP contribution is 2.31. The van der Waals surface area contributed by atoms with Gasteiger partial charge in [0.1, 0.15) is 0 Å². The maximum Gasteiger partial charge on any atom is 0.0912 e. The number of aromatic nitrogens is 1. The minimum absolute atomic E-state index is 1.03. The van der Waals surface area contributed by atoms with Crippen molar-refractivity contribution in [1.29, 1.82) is 5.26 Å². The lowest BCUT2D eigenvalue weighted by molar-refractivity contribution is 1.47. The Morgan fingerprint density at radius 2 is 1.78 bits per heavy atom. The van der Waals surface area contributed by atoms with Crippen molar-refractivity contribution in [3.8, 4) is 17.2 Å². The lowest BCUT2D eigenvalue weighted by Gasteiger charge is -2.07. The molecular formula is C21H14N2. The van der Waals surface area contributed by atoms with Gasteiger partial charge in [0.2, 0.25) is 0 Å². The van der Waals surface area contributed by atoms with Gasteiger partial charge in [-0.2, -0.15) is 5.26 Å². The van der Waals surface area contributed by atoms with Crippen LogP contribution < -0.4 is 0 Å². The van der Waals surface area contributed by atoms with E-state index in [1.54, 1.807) is 0 Å². The summed E-state index contributed by atoms with van der Waals surface area (Å²) in [6.45, 7) is 0. The highest BCUT2D eigenvalue weighted by molar-refractivity contribution is 6.00. The number of rotatable bonds is 2. The molecule has 4 rings (SSSR count). The molecule has 108 valence electrons. The van der Waals surface area contributed by atoms with E-state index in [0.717, 1.165) is 16.5 Å². The molecule has 0 atom stereocenters. The fraction of sp³-hybridized carbons (Fsp3) is 0. The molecule has 0 spiro atoms. The van der Waals surface area contributed by atoms with Crippen LogP contribution in [-0.2, 0) is 0 Å². The zero-order valence-electron chi connectivity index (χ0n) is 12.5. The molecule has 0 fully saturated rings. The third-order valence-electron chi connectivity index (χ3n) is 4.15. The van der Waals surface area contributed by atoms with E-state index >= 15 is 0 Å². The second-order valence-corrected chi connectivity index (χ2v) is 5.49. The first kappa shape index (κ1) is 13.4. The zero-order chi connectivity index (χ0) is 15.6. The first-order valence-electron chi connectivity index (χ1n) is 7.52. The van der Waals surface area contributed by atoms with E-state index in [1.807, 2.05) is 18.3 Å². The molecule has 0 bridgehead atoms. The Kier molecular flexibility index (Phi) is 3.18. The number of fused-ring (bicyclic) bond motifs is 2. The van der Waals surface area contributed by atoms with E-state index in [2.05, 4.69) is 65.6 Å². The average Bonchev–Trinajstić information content (AvgIpc) is 3.01. The number of H-pyrrole nitrogens is 1.